The highest BCUT2D eigenvalue weighted by atomic mass is 16.5. The molecule has 0 radical (unpaired) electrons. The normalized spacial score (nSPS) is 11.6. The Morgan fingerprint density at radius 3 is 2.42 bits per heavy atom. The van der Waals surface area contributed by atoms with Crippen molar-refractivity contribution in [3.05, 3.63) is 29.3 Å². The van der Waals surface area contributed by atoms with Crippen molar-refractivity contribution in [3.8, 4) is 5.75 Å². The summed E-state index contributed by atoms with van der Waals surface area (Å²) >= 11 is 0. The molecule has 3 nitrogen and oxygen atoms in total. The summed E-state index contributed by atoms with van der Waals surface area (Å²) in [6.45, 7) is 11.8. The highest BCUT2D eigenvalue weighted by molar-refractivity contribution is 5.41. The number of rotatable bonds is 7. The highest BCUT2D eigenvalue weighted by Crippen LogP contribution is 2.31. The van der Waals surface area contributed by atoms with Crippen molar-refractivity contribution in [2.75, 3.05) is 33.4 Å². The van der Waals surface area contributed by atoms with Crippen LogP contribution in [0.4, 0.5) is 0 Å². The van der Waals surface area contributed by atoms with Gasteiger partial charge in [0.25, 0.3) is 0 Å². The van der Waals surface area contributed by atoms with Crippen molar-refractivity contribution in [1.29, 1.82) is 0 Å². The Morgan fingerprint density at radius 1 is 1.11 bits per heavy atom. The van der Waals surface area contributed by atoms with E-state index in [0.717, 1.165) is 25.4 Å². The number of ether oxygens (including phenoxy) is 2. The maximum Gasteiger partial charge on any atom is 0.123 e. The van der Waals surface area contributed by atoms with Gasteiger partial charge < -0.3 is 14.8 Å². The number of hydrogen-bond donors (Lipinski definition) is 1. The van der Waals surface area contributed by atoms with Gasteiger partial charge in [-0.05, 0) is 29.5 Å². The molecule has 0 aromatic heterocycles. The lowest BCUT2D eigenvalue weighted by Crippen LogP contribution is -2.25. The van der Waals surface area contributed by atoms with Crippen LogP contribution in [0, 0.1) is 6.92 Å². The number of nitrogens with one attached hydrogen (secondary N) is 1. The first-order valence-corrected chi connectivity index (χ1v) is 6.88. The minimum Gasteiger partial charge on any atom is -0.492 e. The van der Waals surface area contributed by atoms with Crippen LogP contribution in [-0.2, 0) is 10.2 Å². The van der Waals surface area contributed by atoms with Crippen LogP contribution in [0.3, 0.4) is 0 Å². The fraction of sp³-hybridized carbons (Fsp3) is 0.625. The van der Waals surface area contributed by atoms with Crippen LogP contribution in [-0.4, -0.2) is 33.4 Å². The number of aryl methyl sites for hydroxylation is 1. The molecule has 108 valence electrons. The van der Waals surface area contributed by atoms with E-state index in [0.29, 0.717) is 6.61 Å². The standard InChI is InChI=1S/C16H27NO2/c1-13-6-7-14(16(2,3)4)15(12-13)19-11-9-17-8-10-18-5/h6-7,12,17H,8-11H2,1-5H3. The lowest BCUT2D eigenvalue weighted by atomic mass is 9.86. The molecule has 0 fully saturated rings. The van der Waals surface area contributed by atoms with E-state index in [4.69, 9.17) is 9.47 Å². The second-order valence-electron chi connectivity index (χ2n) is 5.84. The van der Waals surface area contributed by atoms with E-state index < -0.39 is 0 Å². The fourth-order valence-corrected chi connectivity index (χ4v) is 1.90. The van der Waals surface area contributed by atoms with Crippen LogP contribution in [0.5, 0.6) is 5.75 Å². The van der Waals surface area contributed by atoms with Crippen molar-refractivity contribution < 1.29 is 9.47 Å². The van der Waals surface area contributed by atoms with E-state index in [9.17, 15) is 0 Å². The molecule has 0 aliphatic heterocycles. The smallest absolute Gasteiger partial charge is 0.123 e. The number of benzene rings is 1. The summed E-state index contributed by atoms with van der Waals surface area (Å²) in [5.41, 5.74) is 2.59. The lowest BCUT2D eigenvalue weighted by molar-refractivity contribution is 0.196. The van der Waals surface area contributed by atoms with Crippen LogP contribution in [0.15, 0.2) is 18.2 Å². The molecule has 0 aliphatic rings. The third-order valence-electron chi connectivity index (χ3n) is 2.96. The van der Waals surface area contributed by atoms with E-state index in [1.807, 2.05) is 0 Å². The Labute approximate surface area is 117 Å². The van der Waals surface area contributed by atoms with Gasteiger partial charge in [-0.3, -0.25) is 0 Å². The Bertz CT molecular complexity index is 383. The predicted octanol–water partition coefficient (Wildman–Crippen LogP) is 2.91. The van der Waals surface area contributed by atoms with Gasteiger partial charge in [0.15, 0.2) is 0 Å². The molecule has 1 rings (SSSR count). The fourth-order valence-electron chi connectivity index (χ4n) is 1.90. The van der Waals surface area contributed by atoms with E-state index >= 15 is 0 Å². The molecule has 0 saturated carbocycles. The van der Waals surface area contributed by atoms with Gasteiger partial charge in [-0.25, -0.2) is 0 Å². The predicted molar refractivity (Wildman–Crippen MR) is 80.1 cm³/mol. The molecule has 0 amide bonds. The zero-order valence-electron chi connectivity index (χ0n) is 12.9. The molecular formula is C16H27NO2. The van der Waals surface area contributed by atoms with Crippen LogP contribution in [0.1, 0.15) is 31.9 Å². The van der Waals surface area contributed by atoms with Crippen LogP contribution < -0.4 is 10.1 Å². The third kappa shape index (κ3) is 5.62. The average molecular weight is 265 g/mol. The second-order valence-corrected chi connectivity index (χ2v) is 5.84. The SMILES string of the molecule is COCCNCCOc1cc(C)ccc1C(C)(C)C. The molecule has 0 saturated heterocycles. The molecule has 19 heavy (non-hydrogen) atoms. The molecule has 1 aromatic carbocycles. The Balaban J connectivity index is 2.54. The van der Waals surface area contributed by atoms with Crippen LogP contribution in [0.25, 0.3) is 0 Å². The van der Waals surface area contributed by atoms with Gasteiger partial charge in [-0.1, -0.05) is 32.9 Å². The Kier molecular flexibility index (Phi) is 6.32. The summed E-state index contributed by atoms with van der Waals surface area (Å²) in [4.78, 5) is 0. The quantitative estimate of drug-likeness (QED) is 0.769. The minimum absolute atomic E-state index is 0.104. The van der Waals surface area contributed by atoms with Gasteiger partial charge >= 0.3 is 0 Å². The summed E-state index contributed by atoms with van der Waals surface area (Å²) < 4.78 is 10.9. The van der Waals surface area contributed by atoms with Crippen molar-refractivity contribution in [3.63, 3.8) is 0 Å². The number of hydrogen-bond acceptors (Lipinski definition) is 3. The van der Waals surface area contributed by atoms with Gasteiger partial charge in [0.2, 0.25) is 0 Å². The van der Waals surface area contributed by atoms with E-state index in [2.05, 4.69) is 51.2 Å². The molecule has 0 atom stereocenters. The molecule has 0 aliphatic carbocycles. The first kappa shape index (κ1) is 16.0. The van der Waals surface area contributed by atoms with Gasteiger partial charge in [-0.15, -0.1) is 0 Å². The largest absolute Gasteiger partial charge is 0.492 e. The summed E-state index contributed by atoms with van der Waals surface area (Å²) in [7, 11) is 1.71. The van der Waals surface area contributed by atoms with E-state index in [1.54, 1.807) is 7.11 Å². The maximum absolute atomic E-state index is 5.92. The molecule has 3 heteroatoms. The second kappa shape index (κ2) is 7.51. The van der Waals surface area contributed by atoms with E-state index in [-0.39, 0.29) is 5.41 Å². The summed E-state index contributed by atoms with van der Waals surface area (Å²) in [6.07, 6.45) is 0. The van der Waals surface area contributed by atoms with Gasteiger partial charge in [-0.2, -0.15) is 0 Å². The first-order chi connectivity index (χ1) is 8.95. The number of methoxy groups -OCH3 is 1. The molecule has 0 bridgehead atoms. The summed E-state index contributed by atoms with van der Waals surface area (Å²) in [5, 5.41) is 3.28. The Morgan fingerprint density at radius 2 is 1.79 bits per heavy atom. The van der Waals surface area contributed by atoms with Crippen molar-refractivity contribution in [1.82, 2.24) is 5.32 Å². The monoisotopic (exact) mass is 265 g/mol. The lowest BCUT2D eigenvalue weighted by Gasteiger charge is -2.23. The first-order valence-electron chi connectivity index (χ1n) is 6.88. The molecule has 1 N–H and O–H groups in total. The highest BCUT2D eigenvalue weighted by Gasteiger charge is 2.18. The van der Waals surface area contributed by atoms with Crippen LogP contribution >= 0.6 is 0 Å². The molecule has 1 aromatic rings. The minimum atomic E-state index is 0.104. The Hall–Kier alpha value is -1.06. The van der Waals surface area contributed by atoms with Gasteiger partial charge in [0.05, 0.1) is 6.61 Å². The molecule has 0 heterocycles. The zero-order chi connectivity index (χ0) is 14.3. The zero-order valence-corrected chi connectivity index (χ0v) is 12.9. The van der Waals surface area contributed by atoms with Gasteiger partial charge in [0.1, 0.15) is 12.4 Å². The summed E-state index contributed by atoms with van der Waals surface area (Å²) in [6, 6.07) is 6.43. The maximum atomic E-state index is 5.92. The van der Waals surface area contributed by atoms with Gasteiger partial charge in [0, 0.05) is 20.2 Å². The molecule has 0 unspecified atom stereocenters. The third-order valence-corrected chi connectivity index (χ3v) is 2.96. The molecular weight excluding hydrogens is 238 g/mol. The van der Waals surface area contributed by atoms with Crippen molar-refractivity contribution >= 4 is 0 Å². The summed E-state index contributed by atoms with van der Waals surface area (Å²) in [5.74, 6) is 1.00. The van der Waals surface area contributed by atoms with E-state index in [1.165, 1.54) is 11.1 Å². The average Bonchev–Trinajstić information content (AvgIpc) is 2.32. The van der Waals surface area contributed by atoms with Crippen molar-refractivity contribution in [2.24, 2.45) is 0 Å². The molecule has 0 spiro atoms. The topological polar surface area (TPSA) is 30.5 Å². The van der Waals surface area contributed by atoms with Crippen molar-refractivity contribution in [2.45, 2.75) is 33.1 Å². The van der Waals surface area contributed by atoms with Crippen LogP contribution in [0.2, 0.25) is 0 Å².